The van der Waals surface area contributed by atoms with Crippen LogP contribution in [0.1, 0.15) is 24.0 Å². The van der Waals surface area contributed by atoms with Crippen LogP contribution in [0.15, 0.2) is 84.9 Å². The molecule has 0 spiro atoms. The Morgan fingerprint density at radius 2 is 1.42 bits per heavy atom. The molecule has 1 saturated heterocycles. The molecule has 0 aromatic heterocycles. The summed E-state index contributed by atoms with van der Waals surface area (Å²) in [5, 5.41) is 3.70. The Morgan fingerprint density at radius 3 is 2.06 bits per heavy atom. The third-order valence-corrected chi connectivity index (χ3v) is 7.03. The van der Waals surface area contributed by atoms with Crippen molar-refractivity contribution in [1.82, 2.24) is 10.2 Å². The predicted octanol–water partition coefficient (Wildman–Crippen LogP) is 4.97. The van der Waals surface area contributed by atoms with Gasteiger partial charge in [-0.1, -0.05) is 72.3 Å². The van der Waals surface area contributed by atoms with Crippen LogP contribution in [0.2, 0.25) is 5.02 Å². The lowest BCUT2D eigenvalue weighted by Crippen LogP contribution is -2.47. The van der Waals surface area contributed by atoms with Crippen molar-refractivity contribution in [1.29, 1.82) is 0 Å². The Kier molecular flexibility index (Phi) is 8.03. The van der Waals surface area contributed by atoms with Crippen LogP contribution in [0.3, 0.4) is 0 Å². The van der Waals surface area contributed by atoms with Gasteiger partial charge in [0.1, 0.15) is 0 Å². The highest BCUT2D eigenvalue weighted by atomic mass is 35.5. The number of halogens is 1. The summed E-state index contributed by atoms with van der Waals surface area (Å²) in [6.45, 7) is 5.85. The molecule has 1 N–H and O–H groups in total. The van der Waals surface area contributed by atoms with E-state index in [0.717, 1.165) is 57.0 Å². The molecule has 0 bridgehead atoms. The van der Waals surface area contributed by atoms with Gasteiger partial charge in [-0.05, 0) is 54.8 Å². The molecule has 4 rings (SSSR count). The number of hydrogen-bond donors (Lipinski definition) is 1. The van der Waals surface area contributed by atoms with Crippen LogP contribution in [0.5, 0.6) is 0 Å². The summed E-state index contributed by atoms with van der Waals surface area (Å²) in [6.07, 6.45) is 2.79. The summed E-state index contributed by atoms with van der Waals surface area (Å²) >= 11 is 6.19. The van der Waals surface area contributed by atoms with Crippen LogP contribution >= 0.6 is 11.6 Å². The van der Waals surface area contributed by atoms with E-state index in [9.17, 15) is 4.79 Å². The van der Waals surface area contributed by atoms with Crippen LogP contribution in [0, 0.1) is 0 Å². The Morgan fingerprint density at radius 1 is 0.818 bits per heavy atom. The van der Waals surface area contributed by atoms with Crippen molar-refractivity contribution in [3.63, 3.8) is 0 Å². The highest BCUT2D eigenvalue weighted by Crippen LogP contribution is 2.37. The zero-order chi connectivity index (χ0) is 22.9. The molecular weight excluding hydrogens is 430 g/mol. The van der Waals surface area contributed by atoms with Gasteiger partial charge in [0.15, 0.2) is 0 Å². The third kappa shape index (κ3) is 5.76. The van der Waals surface area contributed by atoms with Gasteiger partial charge in [-0.25, -0.2) is 0 Å². The predicted molar refractivity (Wildman–Crippen MR) is 137 cm³/mol. The molecule has 1 fully saturated rings. The minimum Gasteiger partial charge on any atom is -0.369 e. The van der Waals surface area contributed by atoms with Gasteiger partial charge in [0.2, 0.25) is 6.41 Å². The first-order valence-corrected chi connectivity index (χ1v) is 12.1. The van der Waals surface area contributed by atoms with E-state index in [1.165, 1.54) is 16.8 Å². The maximum Gasteiger partial charge on any atom is 0.207 e. The molecule has 0 saturated carbocycles. The summed E-state index contributed by atoms with van der Waals surface area (Å²) in [5.41, 5.74) is 3.42. The summed E-state index contributed by atoms with van der Waals surface area (Å²) in [5.74, 6) is 0. The number of carbonyl (C=O) groups excluding carboxylic acids is 1. The minimum absolute atomic E-state index is 0.293. The number of para-hydroxylation sites is 1. The van der Waals surface area contributed by atoms with E-state index in [2.05, 4.69) is 81.8 Å². The van der Waals surface area contributed by atoms with Gasteiger partial charge in [-0.15, -0.1) is 0 Å². The van der Waals surface area contributed by atoms with Crippen molar-refractivity contribution in [2.45, 2.75) is 18.3 Å². The second-order valence-corrected chi connectivity index (χ2v) is 9.16. The topological polar surface area (TPSA) is 35.6 Å². The molecule has 33 heavy (non-hydrogen) atoms. The first-order chi connectivity index (χ1) is 16.2. The Hall–Kier alpha value is -2.82. The van der Waals surface area contributed by atoms with Gasteiger partial charge in [0, 0.05) is 48.8 Å². The van der Waals surface area contributed by atoms with Crippen molar-refractivity contribution in [2.24, 2.45) is 0 Å². The minimum atomic E-state index is -0.293. The van der Waals surface area contributed by atoms with Crippen molar-refractivity contribution in [3.05, 3.63) is 101 Å². The molecular formula is C28H32ClN3O. The number of anilines is 1. The van der Waals surface area contributed by atoms with Gasteiger partial charge in [-0.2, -0.15) is 0 Å². The van der Waals surface area contributed by atoms with E-state index >= 15 is 0 Å². The number of nitrogens with zero attached hydrogens (tertiary/aromatic N) is 2. The lowest BCUT2D eigenvalue weighted by atomic mass is 9.71. The maximum absolute atomic E-state index is 11.3. The zero-order valence-corrected chi connectivity index (χ0v) is 19.8. The molecule has 4 nitrogen and oxygen atoms in total. The van der Waals surface area contributed by atoms with Gasteiger partial charge in [0.25, 0.3) is 0 Å². The largest absolute Gasteiger partial charge is 0.369 e. The average Bonchev–Trinajstić information content (AvgIpc) is 2.88. The van der Waals surface area contributed by atoms with E-state index in [-0.39, 0.29) is 5.41 Å². The Bertz CT molecular complexity index is 989. The third-order valence-electron chi connectivity index (χ3n) is 6.78. The SMILES string of the molecule is O=CNCC(CCCN1CCN(c2ccccc2)CC1)(c1ccccc1)c1ccc(Cl)cc1. The van der Waals surface area contributed by atoms with Crippen LogP contribution in [0.4, 0.5) is 5.69 Å². The van der Waals surface area contributed by atoms with Crippen molar-refractivity contribution in [3.8, 4) is 0 Å². The van der Waals surface area contributed by atoms with Crippen LogP contribution in [0.25, 0.3) is 0 Å². The molecule has 0 aliphatic carbocycles. The molecule has 0 radical (unpaired) electrons. The summed E-state index contributed by atoms with van der Waals surface area (Å²) in [6, 6.07) is 29.3. The standard InChI is InChI=1S/C28H32ClN3O/c29-26-14-12-25(13-15-26)28(22-30-23-33,24-8-3-1-4-9-24)16-7-17-31-18-20-32(21-19-31)27-10-5-2-6-11-27/h1-6,8-15,23H,7,16-22H2,(H,30,33). The van der Waals surface area contributed by atoms with Gasteiger partial charge in [-0.3, -0.25) is 9.69 Å². The number of nitrogens with one attached hydrogen (secondary N) is 1. The van der Waals surface area contributed by atoms with Gasteiger partial charge >= 0.3 is 0 Å². The smallest absolute Gasteiger partial charge is 0.207 e. The number of piperazine rings is 1. The monoisotopic (exact) mass is 461 g/mol. The summed E-state index contributed by atoms with van der Waals surface area (Å²) in [4.78, 5) is 16.3. The molecule has 1 amide bonds. The lowest BCUT2D eigenvalue weighted by Gasteiger charge is -2.38. The number of rotatable bonds is 10. The van der Waals surface area contributed by atoms with Crippen LogP contribution in [-0.4, -0.2) is 50.6 Å². The van der Waals surface area contributed by atoms with E-state index in [4.69, 9.17) is 11.6 Å². The van der Waals surface area contributed by atoms with Crippen molar-refractivity contribution < 1.29 is 4.79 Å². The average molecular weight is 462 g/mol. The summed E-state index contributed by atoms with van der Waals surface area (Å²) in [7, 11) is 0. The van der Waals surface area contributed by atoms with Gasteiger partial charge < -0.3 is 10.2 Å². The van der Waals surface area contributed by atoms with Crippen molar-refractivity contribution >= 4 is 23.7 Å². The highest BCUT2D eigenvalue weighted by molar-refractivity contribution is 6.30. The van der Waals surface area contributed by atoms with E-state index < -0.39 is 0 Å². The van der Waals surface area contributed by atoms with Gasteiger partial charge in [0.05, 0.1) is 0 Å². The zero-order valence-electron chi connectivity index (χ0n) is 19.0. The lowest BCUT2D eigenvalue weighted by molar-refractivity contribution is -0.109. The number of carbonyl (C=O) groups is 1. The normalized spacial score (nSPS) is 16.2. The maximum atomic E-state index is 11.3. The molecule has 172 valence electrons. The molecule has 3 aromatic rings. The second kappa shape index (κ2) is 11.4. The van der Waals surface area contributed by atoms with Crippen LogP contribution < -0.4 is 10.2 Å². The molecule has 1 aliphatic heterocycles. The van der Waals surface area contributed by atoms with E-state index in [1.807, 2.05) is 18.2 Å². The Labute approximate surface area is 202 Å². The summed E-state index contributed by atoms with van der Waals surface area (Å²) < 4.78 is 0. The molecule has 3 aromatic carbocycles. The fourth-order valence-electron chi connectivity index (χ4n) is 4.96. The first-order valence-electron chi connectivity index (χ1n) is 11.7. The number of amides is 1. The first kappa shape index (κ1) is 23.3. The van der Waals surface area contributed by atoms with Crippen molar-refractivity contribution in [2.75, 3.05) is 44.2 Å². The Balaban J connectivity index is 1.45. The molecule has 1 atom stereocenters. The molecule has 1 unspecified atom stereocenters. The molecule has 5 heteroatoms. The fraction of sp³-hybridized carbons (Fsp3) is 0.321. The molecule has 1 aliphatic rings. The fourth-order valence-corrected chi connectivity index (χ4v) is 5.09. The van der Waals surface area contributed by atoms with E-state index in [1.54, 1.807) is 0 Å². The number of hydrogen-bond acceptors (Lipinski definition) is 3. The molecule has 1 heterocycles. The highest BCUT2D eigenvalue weighted by Gasteiger charge is 2.34. The quantitative estimate of drug-likeness (QED) is 0.433. The van der Waals surface area contributed by atoms with E-state index in [0.29, 0.717) is 6.54 Å². The second-order valence-electron chi connectivity index (χ2n) is 8.72. The number of benzene rings is 3. The van der Waals surface area contributed by atoms with Crippen LogP contribution in [-0.2, 0) is 10.2 Å².